The number of fused-ring (bicyclic) bond motifs is 1. The van der Waals surface area contributed by atoms with Crippen molar-refractivity contribution < 1.29 is 0 Å². The number of nitrogens with zero attached hydrogens (tertiary/aromatic N) is 2. The number of rotatable bonds is 4. The SMILES string of the molecule is C(=C\c1cccc2cccc(/C=C/c3ccncc3)c12)/c1ccncc1. The highest BCUT2D eigenvalue weighted by molar-refractivity contribution is 5.99. The number of benzene rings is 2. The first-order valence-electron chi connectivity index (χ1n) is 8.58. The summed E-state index contributed by atoms with van der Waals surface area (Å²) in [5.41, 5.74) is 4.69. The van der Waals surface area contributed by atoms with Crippen molar-refractivity contribution >= 4 is 35.1 Å². The molecule has 0 aliphatic heterocycles. The lowest BCUT2D eigenvalue weighted by Gasteiger charge is -2.07. The van der Waals surface area contributed by atoms with E-state index in [0.717, 1.165) is 11.1 Å². The molecule has 0 saturated heterocycles. The van der Waals surface area contributed by atoms with Crippen molar-refractivity contribution in [2.75, 3.05) is 0 Å². The molecule has 0 aliphatic carbocycles. The van der Waals surface area contributed by atoms with E-state index >= 15 is 0 Å². The van der Waals surface area contributed by atoms with E-state index in [2.05, 4.69) is 70.7 Å². The third kappa shape index (κ3) is 3.60. The van der Waals surface area contributed by atoms with Crippen molar-refractivity contribution in [2.24, 2.45) is 0 Å². The van der Waals surface area contributed by atoms with Gasteiger partial charge in [-0.2, -0.15) is 0 Å². The van der Waals surface area contributed by atoms with E-state index in [1.807, 2.05) is 49.1 Å². The third-order valence-corrected chi connectivity index (χ3v) is 4.29. The summed E-state index contributed by atoms with van der Waals surface area (Å²) in [5.74, 6) is 0. The Bertz CT molecular complexity index is 981. The zero-order chi connectivity index (χ0) is 17.6. The average molecular weight is 334 g/mol. The van der Waals surface area contributed by atoms with E-state index in [1.54, 1.807) is 0 Å². The van der Waals surface area contributed by atoms with Crippen LogP contribution in [0.5, 0.6) is 0 Å². The highest BCUT2D eigenvalue weighted by atomic mass is 14.6. The van der Waals surface area contributed by atoms with Gasteiger partial charge in [-0.15, -0.1) is 0 Å². The Morgan fingerprint density at radius 2 is 0.962 bits per heavy atom. The zero-order valence-electron chi connectivity index (χ0n) is 14.3. The van der Waals surface area contributed by atoms with Gasteiger partial charge in [0, 0.05) is 24.8 Å². The first kappa shape index (κ1) is 16.0. The van der Waals surface area contributed by atoms with Crippen molar-refractivity contribution in [3.05, 3.63) is 108 Å². The van der Waals surface area contributed by atoms with E-state index in [4.69, 9.17) is 0 Å². The summed E-state index contributed by atoms with van der Waals surface area (Å²) < 4.78 is 0. The summed E-state index contributed by atoms with van der Waals surface area (Å²) >= 11 is 0. The highest BCUT2D eigenvalue weighted by Gasteiger charge is 2.02. The molecule has 2 nitrogen and oxygen atoms in total. The van der Waals surface area contributed by atoms with Gasteiger partial charge in [-0.25, -0.2) is 0 Å². The molecule has 2 aromatic carbocycles. The standard InChI is InChI=1S/C24H18N2/c1-3-21-4-2-6-23(10-8-20-13-17-26-18-14-20)24(21)22(5-1)9-7-19-11-15-25-16-12-19/h1-18H/b9-7+,10-8+. The Kier molecular flexibility index (Phi) is 4.66. The van der Waals surface area contributed by atoms with Crippen molar-refractivity contribution in [3.63, 3.8) is 0 Å². The minimum absolute atomic E-state index is 1.14. The molecule has 0 amide bonds. The van der Waals surface area contributed by atoms with Crippen molar-refractivity contribution in [1.82, 2.24) is 9.97 Å². The first-order valence-corrected chi connectivity index (χ1v) is 8.58. The molecule has 124 valence electrons. The number of hydrogen-bond donors (Lipinski definition) is 0. The van der Waals surface area contributed by atoms with Gasteiger partial charge in [-0.05, 0) is 57.3 Å². The zero-order valence-corrected chi connectivity index (χ0v) is 14.3. The lowest BCUT2D eigenvalue weighted by atomic mass is 9.98. The molecule has 0 saturated carbocycles. The number of pyridine rings is 2. The lowest BCUT2D eigenvalue weighted by molar-refractivity contribution is 1.32. The fraction of sp³-hybridized carbons (Fsp3) is 0. The van der Waals surface area contributed by atoms with Gasteiger partial charge in [-0.3, -0.25) is 9.97 Å². The monoisotopic (exact) mass is 334 g/mol. The molecule has 4 aromatic rings. The van der Waals surface area contributed by atoms with Gasteiger partial charge in [0.2, 0.25) is 0 Å². The molecule has 2 heterocycles. The van der Waals surface area contributed by atoms with Crippen LogP contribution in [0.15, 0.2) is 85.5 Å². The molecule has 0 N–H and O–H groups in total. The average Bonchev–Trinajstić information content (AvgIpc) is 2.72. The van der Waals surface area contributed by atoms with Crippen LogP contribution in [0.4, 0.5) is 0 Å². The molecule has 0 atom stereocenters. The summed E-state index contributed by atoms with van der Waals surface area (Å²) in [5, 5.41) is 2.49. The van der Waals surface area contributed by atoms with Crippen LogP contribution in [0.2, 0.25) is 0 Å². The molecular weight excluding hydrogens is 316 g/mol. The van der Waals surface area contributed by atoms with Crippen LogP contribution in [0, 0.1) is 0 Å². The minimum Gasteiger partial charge on any atom is -0.265 e. The van der Waals surface area contributed by atoms with Gasteiger partial charge >= 0.3 is 0 Å². The van der Waals surface area contributed by atoms with Gasteiger partial charge in [0.05, 0.1) is 0 Å². The Labute approximate surface area is 153 Å². The molecule has 0 spiro atoms. The van der Waals surface area contributed by atoms with Crippen LogP contribution < -0.4 is 0 Å². The lowest BCUT2D eigenvalue weighted by Crippen LogP contribution is -1.83. The maximum absolute atomic E-state index is 4.07. The van der Waals surface area contributed by atoms with Crippen LogP contribution in [-0.2, 0) is 0 Å². The molecule has 2 aromatic heterocycles. The van der Waals surface area contributed by atoms with Gasteiger partial charge in [0.15, 0.2) is 0 Å². The normalized spacial score (nSPS) is 11.5. The van der Waals surface area contributed by atoms with Crippen molar-refractivity contribution in [2.45, 2.75) is 0 Å². The Balaban J connectivity index is 1.77. The van der Waals surface area contributed by atoms with Crippen LogP contribution in [0.3, 0.4) is 0 Å². The van der Waals surface area contributed by atoms with Gasteiger partial charge in [0.1, 0.15) is 0 Å². The summed E-state index contributed by atoms with van der Waals surface area (Å²) in [7, 11) is 0. The van der Waals surface area contributed by atoms with E-state index in [9.17, 15) is 0 Å². The predicted molar refractivity (Wildman–Crippen MR) is 110 cm³/mol. The molecule has 0 unspecified atom stereocenters. The molecular formula is C24H18N2. The highest BCUT2D eigenvalue weighted by Crippen LogP contribution is 2.26. The van der Waals surface area contributed by atoms with Crippen molar-refractivity contribution in [1.29, 1.82) is 0 Å². The van der Waals surface area contributed by atoms with Gasteiger partial charge < -0.3 is 0 Å². The topological polar surface area (TPSA) is 25.8 Å². The largest absolute Gasteiger partial charge is 0.265 e. The summed E-state index contributed by atoms with van der Waals surface area (Å²) in [6, 6.07) is 20.9. The second kappa shape index (κ2) is 7.58. The summed E-state index contributed by atoms with van der Waals surface area (Å²) in [6.07, 6.45) is 15.8. The third-order valence-electron chi connectivity index (χ3n) is 4.29. The smallest absolute Gasteiger partial charge is 0.0273 e. The van der Waals surface area contributed by atoms with Crippen LogP contribution >= 0.6 is 0 Å². The maximum atomic E-state index is 4.07. The van der Waals surface area contributed by atoms with Crippen LogP contribution in [0.1, 0.15) is 22.3 Å². The van der Waals surface area contributed by atoms with E-state index in [0.29, 0.717) is 0 Å². The molecule has 2 heteroatoms. The molecule has 0 fully saturated rings. The predicted octanol–water partition coefficient (Wildman–Crippen LogP) is 5.97. The fourth-order valence-electron chi connectivity index (χ4n) is 3.00. The Morgan fingerprint density at radius 1 is 0.500 bits per heavy atom. The Hall–Kier alpha value is -3.52. The molecule has 0 bridgehead atoms. The second-order valence-corrected chi connectivity index (χ2v) is 6.02. The van der Waals surface area contributed by atoms with E-state index in [1.165, 1.54) is 21.9 Å². The first-order chi connectivity index (χ1) is 12.9. The number of hydrogen-bond acceptors (Lipinski definition) is 2. The second-order valence-electron chi connectivity index (χ2n) is 6.02. The fourth-order valence-corrected chi connectivity index (χ4v) is 3.00. The van der Waals surface area contributed by atoms with E-state index < -0.39 is 0 Å². The van der Waals surface area contributed by atoms with Gasteiger partial charge in [-0.1, -0.05) is 60.7 Å². The Morgan fingerprint density at radius 3 is 1.42 bits per heavy atom. The van der Waals surface area contributed by atoms with Crippen molar-refractivity contribution in [3.8, 4) is 0 Å². The van der Waals surface area contributed by atoms with Crippen LogP contribution in [0.25, 0.3) is 35.1 Å². The molecule has 4 rings (SSSR count). The van der Waals surface area contributed by atoms with Crippen LogP contribution in [-0.4, -0.2) is 9.97 Å². The van der Waals surface area contributed by atoms with Gasteiger partial charge in [0.25, 0.3) is 0 Å². The maximum Gasteiger partial charge on any atom is 0.0273 e. The minimum atomic E-state index is 1.14. The van der Waals surface area contributed by atoms with E-state index in [-0.39, 0.29) is 0 Å². The molecule has 0 radical (unpaired) electrons. The summed E-state index contributed by atoms with van der Waals surface area (Å²) in [6.45, 7) is 0. The number of aromatic nitrogens is 2. The summed E-state index contributed by atoms with van der Waals surface area (Å²) in [4.78, 5) is 8.14. The molecule has 26 heavy (non-hydrogen) atoms. The quantitative estimate of drug-likeness (QED) is 0.459. The molecule has 0 aliphatic rings.